The number of likely N-dealkylation sites (N-methyl/N-ethyl adjacent to an activating group) is 1. The van der Waals surface area contributed by atoms with Crippen LogP contribution in [0.1, 0.15) is 39.5 Å². The van der Waals surface area contributed by atoms with Gasteiger partial charge in [-0.2, -0.15) is 0 Å². The zero-order valence-corrected chi connectivity index (χ0v) is 9.25. The molecule has 2 aliphatic rings. The van der Waals surface area contributed by atoms with Crippen LogP contribution in [0, 0.1) is 0 Å². The Morgan fingerprint density at radius 3 is 2.69 bits per heavy atom. The topological polar surface area (TPSA) is 12.5 Å². The normalized spacial score (nSPS) is 34.4. The molecular weight excluding hydrogens is 162 g/mol. The van der Waals surface area contributed by atoms with Crippen molar-refractivity contribution in [2.45, 2.75) is 51.7 Å². The van der Waals surface area contributed by atoms with Gasteiger partial charge in [0.2, 0.25) is 0 Å². The number of fused-ring (bicyclic) bond motifs is 1. The summed E-state index contributed by atoms with van der Waals surface area (Å²) in [5, 5.41) is 0. The molecule has 0 amide bonds. The third kappa shape index (κ3) is 2.68. The first-order valence-corrected chi connectivity index (χ1v) is 5.70. The van der Waals surface area contributed by atoms with Gasteiger partial charge in [-0.25, -0.2) is 0 Å². The average molecular weight is 185 g/mol. The van der Waals surface area contributed by atoms with E-state index in [1.807, 2.05) is 13.8 Å². The van der Waals surface area contributed by atoms with Crippen LogP contribution in [0.3, 0.4) is 0 Å². The van der Waals surface area contributed by atoms with Crippen molar-refractivity contribution in [3.63, 3.8) is 0 Å². The van der Waals surface area contributed by atoms with Crippen molar-refractivity contribution < 1.29 is 4.74 Å². The predicted octanol–water partition coefficient (Wildman–Crippen LogP) is 2.29. The third-order valence-corrected chi connectivity index (χ3v) is 2.97. The Hall–Kier alpha value is -0.0800. The summed E-state index contributed by atoms with van der Waals surface area (Å²) >= 11 is 0. The molecule has 2 heteroatoms. The fourth-order valence-electron chi connectivity index (χ4n) is 2.32. The lowest BCUT2D eigenvalue weighted by atomic mass is 10.2. The molecule has 2 nitrogen and oxygen atoms in total. The molecule has 2 rings (SSSR count). The standard InChI is InChI=1S/C9H17NO.C2H6/c1-10-6-3-7-11-9-5-2-4-8(9)10;1-2/h8-9H,2-7H2,1H3;1-2H3/t8-,9+;/m0./s1. The highest BCUT2D eigenvalue weighted by atomic mass is 16.5. The summed E-state index contributed by atoms with van der Waals surface area (Å²) in [5.74, 6) is 0. The number of rotatable bonds is 0. The van der Waals surface area contributed by atoms with E-state index < -0.39 is 0 Å². The van der Waals surface area contributed by atoms with Gasteiger partial charge in [0, 0.05) is 19.2 Å². The Kier molecular flexibility index (Phi) is 4.74. The van der Waals surface area contributed by atoms with Gasteiger partial charge in [0.15, 0.2) is 0 Å². The van der Waals surface area contributed by atoms with Gasteiger partial charge in [-0.15, -0.1) is 0 Å². The van der Waals surface area contributed by atoms with Crippen LogP contribution in [0.25, 0.3) is 0 Å². The Balaban J connectivity index is 0.000000396. The van der Waals surface area contributed by atoms with E-state index in [4.69, 9.17) is 4.74 Å². The van der Waals surface area contributed by atoms with Crippen molar-refractivity contribution in [2.24, 2.45) is 0 Å². The molecule has 1 heterocycles. The van der Waals surface area contributed by atoms with Crippen molar-refractivity contribution in [3.8, 4) is 0 Å². The molecule has 0 unspecified atom stereocenters. The largest absolute Gasteiger partial charge is 0.377 e. The number of hydrogen-bond donors (Lipinski definition) is 0. The summed E-state index contributed by atoms with van der Waals surface area (Å²) in [6.45, 7) is 6.20. The maximum atomic E-state index is 5.76. The van der Waals surface area contributed by atoms with Gasteiger partial charge in [0.25, 0.3) is 0 Å². The molecule has 1 saturated heterocycles. The molecule has 2 fully saturated rings. The minimum Gasteiger partial charge on any atom is -0.377 e. The van der Waals surface area contributed by atoms with Crippen LogP contribution in [0.5, 0.6) is 0 Å². The van der Waals surface area contributed by atoms with Crippen molar-refractivity contribution in [1.29, 1.82) is 0 Å². The number of ether oxygens (including phenoxy) is 1. The number of hydrogen-bond acceptors (Lipinski definition) is 2. The molecule has 1 aliphatic heterocycles. The second-order valence-electron chi connectivity index (χ2n) is 3.74. The van der Waals surface area contributed by atoms with Crippen LogP contribution < -0.4 is 0 Å². The van der Waals surface area contributed by atoms with Gasteiger partial charge in [-0.05, 0) is 32.7 Å². The predicted molar refractivity (Wildman–Crippen MR) is 56.0 cm³/mol. The summed E-state index contributed by atoms with van der Waals surface area (Å²) in [5.41, 5.74) is 0. The summed E-state index contributed by atoms with van der Waals surface area (Å²) in [6, 6.07) is 0.734. The first-order chi connectivity index (χ1) is 6.38. The molecule has 0 N–H and O–H groups in total. The zero-order valence-electron chi connectivity index (χ0n) is 9.25. The highest BCUT2D eigenvalue weighted by Crippen LogP contribution is 2.27. The van der Waals surface area contributed by atoms with Crippen LogP contribution in [0.15, 0.2) is 0 Å². The summed E-state index contributed by atoms with van der Waals surface area (Å²) in [6.07, 6.45) is 5.77. The molecule has 0 aromatic rings. The van der Waals surface area contributed by atoms with Gasteiger partial charge < -0.3 is 9.64 Å². The van der Waals surface area contributed by atoms with Crippen molar-refractivity contribution in [1.82, 2.24) is 4.90 Å². The van der Waals surface area contributed by atoms with E-state index in [2.05, 4.69) is 11.9 Å². The molecule has 0 radical (unpaired) electrons. The lowest BCUT2D eigenvalue weighted by Crippen LogP contribution is -2.36. The Morgan fingerprint density at radius 2 is 1.92 bits per heavy atom. The van der Waals surface area contributed by atoms with Crippen LogP contribution in [-0.2, 0) is 4.74 Å². The molecule has 0 spiro atoms. The van der Waals surface area contributed by atoms with Crippen molar-refractivity contribution in [2.75, 3.05) is 20.2 Å². The highest BCUT2D eigenvalue weighted by molar-refractivity contribution is 4.86. The maximum absolute atomic E-state index is 5.76. The molecule has 2 atom stereocenters. The molecule has 78 valence electrons. The van der Waals surface area contributed by atoms with E-state index in [1.54, 1.807) is 0 Å². The molecule has 0 aromatic heterocycles. The second kappa shape index (κ2) is 5.61. The summed E-state index contributed by atoms with van der Waals surface area (Å²) in [4.78, 5) is 2.48. The molecular formula is C11H23NO. The first-order valence-electron chi connectivity index (χ1n) is 5.70. The Labute approximate surface area is 82.3 Å². The monoisotopic (exact) mass is 185 g/mol. The molecule has 1 saturated carbocycles. The molecule has 13 heavy (non-hydrogen) atoms. The summed E-state index contributed by atoms with van der Waals surface area (Å²) < 4.78 is 5.76. The molecule has 0 aromatic carbocycles. The quantitative estimate of drug-likeness (QED) is 0.574. The fraction of sp³-hybridized carbons (Fsp3) is 1.00. The maximum Gasteiger partial charge on any atom is 0.0730 e. The van der Waals surface area contributed by atoms with E-state index in [-0.39, 0.29) is 0 Å². The van der Waals surface area contributed by atoms with E-state index in [0.29, 0.717) is 6.10 Å². The summed E-state index contributed by atoms with van der Waals surface area (Å²) in [7, 11) is 2.23. The second-order valence-corrected chi connectivity index (χ2v) is 3.74. The Bertz CT molecular complexity index is 138. The van der Waals surface area contributed by atoms with Crippen LogP contribution in [-0.4, -0.2) is 37.2 Å². The zero-order chi connectivity index (χ0) is 9.68. The lowest BCUT2D eigenvalue weighted by Gasteiger charge is -2.25. The smallest absolute Gasteiger partial charge is 0.0730 e. The Morgan fingerprint density at radius 1 is 1.15 bits per heavy atom. The fourth-order valence-corrected chi connectivity index (χ4v) is 2.32. The van der Waals surface area contributed by atoms with Gasteiger partial charge in [0.05, 0.1) is 6.10 Å². The van der Waals surface area contributed by atoms with Crippen LogP contribution in [0.2, 0.25) is 0 Å². The lowest BCUT2D eigenvalue weighted by molar-refractivity contribution is 0.0387. The molecule has 1 aliphatic carbocycles. The molecule has 0 bridgehead atoms. The van der Waals surface area contributed by atoms with Gasteiger partial charge in [-0.3, -0.25) is 0 Å². The van der Waals surface area contributed by atoms with E-state index in [9.17, 15) is 0 Å². The van der Waals surface area contributed by atoms with Crippen LogP contribution >= 0.6 is 0 Å². The van der Waals surface area contributed by atoms with E-state index in [1.165, 1.54) is 32.2 Å². The first kappa shape index (κ1) is 11.0. The van der Waals surface area contributed by atoms with Gasteiger partial charge >= 0.3 is 0 Å². The minimum atomic E-state index is 0.558. The number of nitrogens with zero attached hydrogens (tertiary/aromatic N) is 1. The van der Waals surface area contributed by atoms with Crippen LogP contribution in [0.4, 0.5) is 0 Å². The van der Waals surface area contributed by atoms with E-state index >= 15 is 0 Å². The van der Waals surface area contributed by atoms with Gasteiger partial charge in [-0.1, -0.05) is 13.8 Å². The van der Waals surface area contributed by atoms with Crippen molar-refractivity contribution >= 4 is 0 Å². The SMILES string of the molecule is CC.CN1CCCO[C@@H]2CCC[C@@H]21. The van der Waals surface area contributed by atoms with Gasteiger partial charge in [0.1, 0.15) is 0 Å². The van der Waals surface area contributed by atoms with Crippen molar-refractivity contribution in [3.05, 3.63) is 0 Å². The third-order valence-electron chi connectivity index (χ3n) is 2.97. The van der Waals surface area contributed by atoms with E-state index in [0.717, 1.165) is 12.6 Å². The minimum absolute atomic E-state index is 0.558. The average Bonchev–Trinajstić information content (AvgIpc) is 2.57. The highest BCUT2D eigenvalue weighted by Gasteiger charge is 2.32.